The van der Waals surface area contributed by atoms with Crippen molar-refractivity contribution < 1.29 is 38.2 Å². The molecule has 0 radical (unpaired) electrons. The van der Waals surface area contributed by atoms with Crippen LogP contribution in [0, 0.1) is 5.92 Å². The Bertz CT molecular complexity index is 1100. The fourth-order valence-corrected chi connectivity index (χ4v) is 3.56. The number of urea groups is 1. The molecular weight excluding hydrogens is 562 g/mol. The van der Waals surface area contributed by atoms with Gasteiger partial charge in [0.25, 0.3) is 0 Å². The maximum Gasteiger partial charge on any atom is 0.407 e. The Hall–Kier alpha value is -4.56. The van der Waals surface area contributed by atoms with Gasteiger partial charge in [-0.3, -0.25) is 14.4 Å². The Morgan fingerprint density at radius 2 is 1.44 bits per heavy atom. The molecule has 240 valence electrons. The first-order valence-electron chi connectivity index (χ1n) is 14.0. The van der Waals surface area contributed by atoms with Crippen LogP contribution in [0.3, 0.4) is 0 Å². The van der Waals surface area contributed by atoms with Crippen LogP contribution in [0.5, 0.6) is 0 Å². The highest BCUT2D eigenvalue weighted by Crippen LogP contribution is 2.13. The lowest BCUT2D eigenvalue weighted by molar-refractivity contribution is -0.131. The molecule has 1 aromatic rings. The third-order valence-electron chi connectivity index (χ3n) is 5.56. The Balaban J connectivity index is 2.66. The number of nitrogens with two attached hydrogens (primary N) is 1. The van der Waals surface area contributed by atoms with Crippen LogP contribution in [0.1, 0.15) is 59.9 Å². The van der Waals surface area contributed by atoms with E-state index < -0.39 is 47.7 Å². The maximum atomic E-state index is 13.1. The summed E-state index contributed by atoms with van der Waals surface area (Å²) >= 11 is 0. The number of ether oxygens (including phenoxy) is 2. The van der Waals surface area contributed by atoms with Crippen molar-refractivity contribution in [1.29, 1.82) is 0 Å². The molecule has 0 aliphatic rings. The Morgan fingerprint density at radius 1 is 0.837 bits per heavy atom. The van der Waals surface area contributed by atoms with E-state index in [1.54, 1.807) is 58.9 Å². The van der Waals surface area contributed by atoms with Gasteiger partial charge < -0.3 is 47.1 Å². The molecule has 1 aromatic carbocycles. The van der Waals surface area contributed by atoms with E-state index in [-0.39, 0.29) is 44.5 Å². The third-order valence-corrected chi connectivity index (χ3v) is 5.56. The number of carbonyl (C=O) groups excluding carboxylic acids is 6. The Morgan fingerprint density at radius 3 is 1.98 bits per heavy atom. The highest BCUT2D eigenvalue weighted by atomic mass is 16.6. The van der Waals surface area contributed by atoms with Crippen molar-refractivity contribution in [2.24, 2.45) is 11.7 Å². The van der Waals surface area contributed by atoms with Crippen LogP contribution in [0.2, 0.25) is 0 Å². The summed E-state index contributed by atoms with van der Waals surface area (Å²) in [6, 6.07) is 4.03. The topological polar surface area (TPSA) is 219 Å². The van der Waals surface area contributed by atoms with E-state index in [2.05, 4.69) is 31.9 Å². The molecule has 0 saturated heterocycles. The first-order valence-corrected chi connectivity index (χ1v) is 14.0. The minimum absolute atomic E-state index is 0.0369. The van der Waals surface area contributed by atoms with Crippen LogP contribution >= 0.6 is 0 Å². The number of rotatable bonds is 15. The van der Waals surface area contributed by atoms with E-state index >= 15 is 0 Å². The summed E-state index contributed by atoms with van der Waals surface area (Å²) in [6.45, 7) is 10.5. The van der Waals surface area contributed by atoms with Crippen molar-refractivity contribution in [3.63, 3.8) is 0 Å². The molecule has 2 atom stereocenters. The molecule has 0 bridgehead atoms. The average molecular weight is 608 g/mol. The van der Waals surface area contributed by atoms with E-state index in [0.717, 1.165) is 0 Å². The summed E-state index contributed by atoms with van der Waals surface area (Å²) in [6.07, 6.45) is -0.722. The zero-order valence-corrected chi connectivity index (χ0v) is 25.6. The third kappa shape index (κ3) is 16.5. The van der Waals surface area contributed by atoms with Crippen LogP contribution in [0.25, 0.3) is 0 Å². The summed E-state index contributed by atoms with van der Waals surface area (Å²) in [5, 5.41) is 15.5. The highest BCUT2D eigenvalue weighted by molar-refractivity contribution is 5.98. The minimum Gasteiger partial charge on any atom is -0.445 e. The van der Waals surface area contributed by atoms with Gasteiger partial charge in [0.15, 0.2) is 0 Å². The smallest absolute Gasteiger partial charge is 0.407 e. The molecule has 0 fully saturated rings. The maximum absolute atomic E-state index is 13.1. The summed E-state index contributed by atoms with van der Waals surface area (Å²) < 4.78 is 10.3. The van der Waals surface area contributed by atoms with Crippen LogP contribution in [-0.2, 0) is 30.5 Å². The molecule has 0 aliphatic carbocycles. The fraction of sp³-hybridized carbons (Fsp3) is 0.571. The predicted molar refractivity (Wildman–Crippen MR) is 159 cm³/mol. The largest absolute Gasteiger partial charge is 0.445 e. The zero-order chi connectivity index (χ0) is 32.6. The molecule has 0 heterocycles. The molecule has 0 unspecified atom stereocenters. The average Bonchev–Trinajstić information content (AvgIpc) is 2.89. The molecule has 15 nitrogen and oxygen atoms in total. The number of hydrogen-bond acceptors (Lipinski definition) is 8. The summed E-state index contributed by atoms with van der Waals surface area (Å²) in [7, 11) is 0. The van der Waals surface area contributed by atoms with Crippen LogP contribution in [0.4, 0.5) is 20.1 Å². The second kappa shape index (κ2) is 18.1. The fourth-order valence-electron chi connectivity index (χ4n) is 3.56. The SMILES string of the molecule is CC(=O)N[C@H](C(=O)N[C@@H](CCCNC(N)=O)C(=O)Nc1ccc(COC(=O)NCCNC(=O)OC(C)(C)C)cc1)C(C)C. The quantitative estimate of drug-likeness (QED) is 0.144. The van der Waals surface area contributed by atoms with Gasteiger partial charge in [-0.05, 0) is 57.2 Å². The van der Waals surface area contributed by atoms with E-state index in [0.29, 0.717) is 17.7 Å². The van der Waals surface area contributed by atoms with Gasteiger partial charge in [-0.1, -0.05) is 26.0 Å². The molecule has 7 amide bonds. The normalized spacial score (nSPS) is 12.3. The van der Waals surface area contributed by atoms with Crippen molar-refractivity contribution in [2.45, 2.75) is 78.7 Å². The van der Waals surface area contributed by atoms with Crippen molar-refractivity contribution in [2.75, 3.05) is 25.0 Å². The molecule has 8 N–H and O–H groups in total. The molecule has 1 rings (SSSR count). The van der Waals surface area contributed by atoms with Crippen molar-refractivity contribution in [3.8, 4) is 0 Å². The van der Waals surface area contributed by atoms with Gasteiger partial charge in [0.2, 0.25) is 17.7 Å². The number of carbonyl (C=O) groups is 6. The van der Waals surface area contributed by atoms with Crippen LogP contribution in [0.15, 0.2) is 24.3 Å². The lowest BCUT2D eigenvalue weighted by Crippen LogP contribution is -2.54. The Labute approximate surface area is 251 Å². The number of anilines is 1. The van der Waals surface area contributed by atoms with Gasteiger partial charge in [-0.25, -0.2) is 14.4 Å². The molecule has 0 aliphatic heterocycles. The number of alkyl carbamates (subject to hydrolysis) is 2. The van der Waals surface area contributed by atoms with Crippen molar-refractivity contribution in [3.05, 3.63) is 29.8 Å². The number of nitrogens with one attached hydrogen (secondary N) is 6. The second-order valence-electron chi connectivity index (χ2n) is 11.0. The van der Waals surface area contributed by atoms with E-state index in [4.69, 9.17) is 15.2 Å². The number of primary amides is 1. The molecule has 0 spiro atoms. The van der Waals surface area contributed by atoms with Crippen molar-refractivity contribution in [1.82, 2.24) is 26.6 Å². The van der Waals surface area contributed by atoms with Crippen LogP contribution < -0.4 is 37.6 Å². The molecular formula is C28H45N7O8. The molecule has 0 aromatic heterocycles. The zero-order valence-electron chi connectivity index (χ0n) is 25.6. The number of hydrogen-bond donors (Lipinski definition) is 7. The van der Waals surface area contributed by atoms with Crippen molar-refractivity contribution >= 4 is 41.6 Å². The van der Waals surface area contributed by atoms with Gasteiger partial charge >= 0.3 is 18.2 Å². The predicted octanol–water partition coefficient (Wildman–Crippen LogP) is 1.47. The van der Waals surface area contributed by atoms with E-state index in [9.17, 15) is 28.8 Å². The lowest BCUT2D eigenvalue weighted by atomic mass is 10.0. The van der Waals surface area contributed by atoms with Gasteiger partial charge in [0, 0.05) is 32.2 Å². The van der Waals surface area contributed by atoms with Gasteiger partial charge in [-0.2, -0.15) is 0 Å². The van der Waals surface area contributed by atoms with Crippen LogP contribution in [-0.4, -0.2) is 73.3 Å². The van der Waals surface area contributed by atoms with E-state index in [1.807, 2.05) is 0 Å². The van der Waals surface area contributed by atoms with Gasteiger partial charge in [0.05, 0.1) is 0 Å². The summed E-state index contributed by atoms with van der Waals surface area (Å²) in [5.74, 6) is -1.62. The van der Waals surface area contributed by atoms with Gasteiger partial charge in [-0.15, -0.1) is 0 Å². The summed E-state index contributed by atoms with van der Waals surface area (Å²) in [4.78, 5) is 72.1. The molecule has 43 heavy (non-hydrogen) atoms. The van der Waals surface area contributed by atoms with Gasteiger partial charge in [0.1, 0.15) is 24.3 Å². The number of amides is 7. The Kier molecular flexibility index (Phi) is 15.3. The number of benzene rings is 1. The second-order valence-corrected chi connectivity index (χ2v) is 11.0. The summed E-state index contributed by atoms with van der Waals surface area (Å²) in [5.41, 5.74) is 5.55. The molecule has 0 saturated carbocycles. The first kappa shape index (κ1) is 36.5. The standard InChI is InChI=1S/C28H45N7O8/c1-17(2)22(33-18(3)36)24(38)35-21(8-7-13-30-25(29)39)23(37)34-20-11-9-19(10-12-20)16-42-26(40)31-14-15-32-27(41)43-28(4,5)6/h9-12,17,21-22H,7-8,13-16H2,1-6H3,(H,31,40)(H,32,41)(H,33,36)(H,34,37)(H,35,38)(H3,29,30,39)/t21-,22-/m0/s1. The monoisotopic (exact) mass is 607 g/mol. The minimum atomic E-state index is -0.964. The first-order chi connectivity index (χ1) is 20.1. The lowest BCUT2D eigenvalue weighted by Gasteiger charge is -2.25. The molecule has 15 heteroatoms. The van der Waals surface area contributed by atoms with E-state index in [1.165, 1.54) is 6.92 Å². The highest BCUT2D eigenvalue weighted by Gasteiger charge is 2.28.